The van der Waals surface area contributed by atoms with E-state index in [1.807, 2.05) is 0 Å². The zero-order valence-electron chi connectivity index (χ0n) is 19.0. The van der Waals surface area contributed by atoms with Crippen molar-refractivity contribution in [2.75, 3.05) is 17.2 Å². The zero-order valence-corrected chi connectivity index (χ0v) is 20.6. The lowest BCUT2D eigenvalue weighted by Crippen LogP contribution is -2.71. The molecular formula is C20H17N9O7S2. The first kappa shape index (κ1) is 25.0. The number of rotatable bonds is 7. The molecule has 18 heteroatoms. The van der Waals surface area contributed by atoms with E-state index in [1.165, 1.54) is 38.6 Å². The second-order valence-corrected chi connectivity index (χ2v) is 10.1. The number of carbonyl (C=O) groups excluding carboxylic acids is 3. The third-order valence-electron chi connectivity index (χ3n) is 5.90. The lowest BCUT2D eigenvalue weighted by Gasteiger charge is -2.50. The van der Waals surface area contributed by atoms with Crippen LogP contribution >= 0.6 is 23.1 Å². The van der Waals surface area contributed by atoms with E-state index in [-0.39, 0.29) is 45.8 Å². The Balaban J connectivity index is 1.42. The van der Waals surface area contributed by atoms with Gasteiger partial charge in [-0.05, 0) is 0 Å². The highest BCUT2D eigenvalue weighted by molar-refractivity contribution is 8.00. The summed E-state index contributed by atoms with van der Waals surface area (Å²) in [4.78, 5) is 54.3. The number of hydrogen-bond donors (Lipinski definition) is 5. The smallest absolute Gasteiger partial charge is 0.345 e. The standard InChI is InChI=1S/C20H17N9O7S2/c21-14-8(18(32)33)4-27(10-1-2-23-29(10)14)3-7-5-37-17-12(16(31)28(17)13(7)19(34)35)25-15(30)11(26-36)9-6-38-20(22)24-9/h1-2,4,6,12,17,21H,3,5H2,(H6,22,24,25,30,32,33,34,35,36)/t12-,17+/m1/s1. The van der Waals surface area contributed by atoms with Crippen LogP contribution in [0.1, 0.15) is 16.1 Å². The molecule has 0 bridgehead atoms. The van der Waals surface area contributed by atoms with Gasteiger partial charge in [-0.2, -0.15) is 0 Å². The molecule has 0 spiro atoms. The average Bonchev–Trinajstić information content (AvgIpc) is 3.54. The molecule has 2 atom stereocenters. The summed E-state index contributed by atoms with van der Waals surface area (Å²) in [5, 5.41) is 41.1. The number of aromatic nitrogens is 4. The summed E-state index contributed by atoms with van der Waals surface area (Å²) in [5.41, 5.74) is 11.0. The Bertz CT molecular complexity index is 1590. The number of carbonyl (C=O) groups is 4. The van der Waals surface area contributed by atoms with Crippen molar-refractivity contribution in [1.29, 1.82) is 0 Å². The number of nitrogen functional groups attached to an aromatic ring is 2. The number of thioether (sulfide) groups is 1. The number of oxime groups is 1. The number of nitrogens with zero attached hydrogens (tertiary/aromatic N) is 6. The highest BCUT2D eigenvalue weighted by atomic mass is 32.2. The first-order valence-electron chi connectivity index (χ1n) is 10.6. The zero-order chi connectivity index (χ0) is 27.3. The van der Waals surface area contributed by atoms with Crippen molar-refractivity contribution in [3.05, 3.63) is 46.4 Å². The number of carboxylic acids is 2. The molecule has 2 aliphatic rings. The molecule has 0 saturated carbocycles. The Labute approximate surface area is 219 Å². The van der Waals surface area contributed by atoms with Crippen LogP contribution in [0.5, 0.6) is 0 Å². The van der Waals surface area contributed by atoms with E-state index >= 15 is 0 Å². The number of aliphatic carboxylic acids is 1. The molecule has 2 aliphatic heterocycles. The van der Waals surface area contributed by atoms with Gasteiger partial charge in [-0.3, -0.25) is 14.5 Å². The van der Waals surface area contributed by atoms with Gasteiger partial charge < -0.3 is 37.0 Å². The number of amides is 2. The maximum absolute atomic E-state index is 13.0. The molecule has 0 radical (unpaired) electrons. The van der Waals surface area contributed by atoms with Gasteiger partial charge in [-0.15, -0.1) is 23.1 Å². The molecule has 5 rings (SSSR count). The number of thiazole rings is 1. The van der Waals surface area contributed by atoms with E-state index < -0.39 is 40.9 Å². The van der Waals surface area contributed by atoms with Crippen molar-refractivity contribution >= 4 is 69.2 Å². The van der Waals surface area contributed by atoms with Crippen LogP contribution in [-0.2, 0) is 20.9 Å². The number of β-lactam (4-membered cyclic amide) rings is 1. The Hall–Kier alpha value is -4.71. The summed E-state index contributed by atoms with van der Waals surface area (Å²) in [6.07, 6.45) is 2.66. The molecule has 196 valence electrons. The van der Waals surface area contributed by atoms with Gasteiger partial charge in [-0.1, -0.05) is 14.8 Å². The van der Waals surface area contributed by atoms with E-state index in [1.54, 1.807) is 6.07 Å². The number of carboxylic acid groups (broad SMARTS) is 2. The Kier molecular flexibility index (Phi) is 6.11. The number of anilines is 2. The van der Waals surface area contributed by atoms with Gasteiger partial charge in [0, 0.05) is 16.7 Å². The van der Waals surface area contributed by atoms with Crippen molar-refractivity contribution in [2.24, 2.45) is 5.16 Å². The molecule has 2 amide bonds. The largest absolute Gasteiger partial charge is 0.543 e. The van der Waals surface area contributed by atoms with E-state index in [9.17, 15) is 34.6 Å². The molecule has 1 fully saturated rings. The minimum atomic E-state index is -1.61. The summed E-state index contributed by atoms with van der Waals surface area (Å²) in [6.45, 7) is -0.105. The summed E-state index contributed by atoms with van der Waals surface area (Å²) < 4.78 is 2.66. The first-order chi connectivity index (χ1) is 18.1. The van der Waals surface area contributed by atoms with Crippen LogP contribution in [0.3, 0.4) is 0 Å². The third kappa shape index (κ3) is 3.95. The average molecular weight is 560 g/mol. The van der Waals surface area contributed by atoms with Crippen molar-refractivity contribution in [3.63, 3.8) is 0 Å². The predicted octanol–water partition coefficient (Wildman–Crippen LogP) is -2.78. The molecule has 38 heavy (non-hydrogen) atoms. The van der Waals surface area contributed by atoms with Crippen LogP contribution in [0, 0.1) is 0 Å². The van der Waals surface area contributed by atoms with E-state index in [4.69, 9.17) is 11.5 Å². The highest BCUT2D eigenvalue weighted by Crippen LogP contribution is 2.40. The van der Waals surface area contributed by atoms with Gasteiger partial charge in [0.05, 0.1) is 23.9 Å². The van der Waals surface area contributed by atoms with Crippen LogP contribution in [0.25, 0.3) is 5.65 Å². The lowest BCUT2D eigenvalue weighted by molar-refractivity contribution is -0.666. The van der Waals surface area contributed by atoms with E-state index in [0.717, 1.165) is 16.2 Å². The Morgan fingerprint density at radius 3 is 2.74 bits per heavy atom. The molecular weight excluding hydrogens is 542 g/mol. The summed E-state index contributed by atoms with van der Waals surface area (Å²) in [5.74, 6) is -4.52. The summed E-state index contributed by atoms with van der Waals surface area (Å²) >= 11 is 2.21. The molecule has 5 heterocycles. The molecule has 1 saturated heterocycles. The fraction of sp³-hybridized carbons (Fsp3) is 0.200. The Morgan fingerprint density at radius 2 is 2.11 bits per heavy atom. The van der Waals surface area contributed by atoms with Crippen molar-refractivity contribution in [1.82, 2.24) is 24.8 Å². The van der Waals surface area contributed by atoms with E-state index in [2.05, 4.69) is 20.6 Å². The molecule has 0 unspecified atom stereocenters. The number of fused-ring (bicyclic) bond motifs is 2. The number of nitrogens with one attached hydrogen (secondary N) is 1. The van der Waals surface area contributed by atoms with Gasteiger partial charge in [0.15, 0.2) is 16.4 Å². The number of aromatic carboxylic acids is 1. The maximum Gasteiger partial charge on any atom is 0.345 e. The van der Waals surface area contributed by atoms with Crippen LogP contribution < -0.4 is 26.5 Å². The summed E-state index contributed by atoms with van der Waals surface area (Å²) in [6, 6.07) is 0.455. The Morgan fingerprint density at radius 1 is 1.34 bits per heavy atom. The quantitative estimate of drug-likeness (QED) is 0.0649. The molecule has 16 nitrogen and oxygen atoms in total. The van der Waals surface area contributed by atoms with Crippen LogP contribution in [0.2, 0.25) is 0 Å². The van der Waals surface area contributed by atoms with Crippen LogP contribution in [0.15, 0.2) is 40.3 Å². The SMILES string of the molecule is Nc1nc(C(=NO)C(=O)N[C@@H]2C(=O)N3C(C(=O)[O-])=C(C[n+]4cc(C(=O)O)c(N)n5nccc54)CS[C@@H]23)cs1. The normalized spacial score (nSPS) is 19.3. The molecule has 0 aromatic carbocycles. The van der Waals surface area contributed by atoms with Gasteiger partial charge >= 0.3 is 11.6 Å². The molecule has 3 aromatic heterocycles. The first-order valence-corrected chi connectivity index (χ1v) is 12.6. The fourth-order valence-corrected chi connectivity index (χ4v) is 6.09. The monoisotopic (exact) mass is 559 g/mol. The lowest BCUT2D eigenvalue weighted by atomic mass is 10.0. The molecule has 3 aromatic rings. The third-order valence-corrected chi connectivity index (χ3v) is 7.92. The number of hydrogen-bond acceptors (Lipinski definition) is 13. The van der Waals surface area contributed by atoms with Gasteiger partial charge in [0.1, 0.15) is 29.9 Å². The van der Waals surface area contributed by atoms with Gasteiger partial charge in [-0.25, -0.2) is 14.3 Å². The van der Waals surface area contributed by atoms with E-state index in [0.29, 0.717) is 5.65 Å². The van der Waals surface area contributed by atoms with Crippen LogP contribution in [0.4, 0.5) is 10.9 Å². The van der Waals surface area contributed by atoms with Crippen molar-refractivity contribution < 1.29 is 39.2 Å². The fourth-order valence-electron chi connectivity index (χ4n) is 4.21. The summed E-state index contributed by atoms with van der Waals surface area (Å²) in [7, 11) is 0. The molecule has 7 N–H and O–H groups in total. The highest BCUT2D eigenvalue weighted by Gasteiger charge is 2.53. The topological polar surface area (TPSA) is 246 Å². The minimum absolute atomic E-state index is 0.0115. The predicted molar refractivity (Wildman–Crippen MR) is 129 cm³/mol. The van der Waals surface area contributed by atoms with Crippen molar-refractivity contribution in [3.8, 4) is 0 Å². The second kappa shape index (κ2) is 9.30. The second-order valence-electron chi connectivity index (χ2n) is 8.08. The molecule has 0 aliphatic carbocycles. The van der Waals surface area contributed by atoms with Crippen LogP contribution in [-0.4, -0.2) is 76.4 Å². The minimum Gasteiger partial charge on any atom is -0.543 e. The van der Waals surface area contributed by atoms with Gasteiger partial charge in [0.25, 0.3) is 11.8 Å². The van der Waals surface area contributed by atoms with Gasteiger partial charge in [0.2, 0.25) is 5.82 Å². The number of nitrogens with two attached hydrogens (primary N) is 2. The van der Waals surface area contributed by atoms with Crippen molar-refractivity contribution in [2.45, 2.75) is 18.0 Å². The maximum atomic E-state index is 13.0.